The number of methoxy groups -OCH3 is 1. The van der Waals surface area contributed by atoms with Crippen molar-refractivity contribution in [2.24, 2.45) is 5.92 Å². The number of carbonyl (C=O) groups is 1. The van der Waals surface area contributed by atoms with E-state index in [4.69, 9.17) is 16.3 Å². The third kappa shape index (κ3) is 1.75. The van der Waals surface area contributed by atoms with Gasteiger partial charge in [-0.3, -0.25) is 4.68 Å². The smallest absolute Gasteiger partial charge is 0.330 e. The standard InChI is InChI=1S/C9H11ClN2O2/c1-14-9(13)8(6-2-3-6)12-5-7(10)4-11-12/h4-6,8H,2-3H2,1H3. The number of rotatable bonds is 3. The molecule has 1 aliphatic carbocycles. The summed E-state index contributed by atoms with van der Waals surface area (Å²) < 4.78 is 6.32. The molecular formula is C9H11ClN2O2. The predicted molar refractivity (Wildman–Crippen MR) is 51.0 cm³/mol. The Hall–Kier alpha value is -1.03. The SMILES string of the molecule is COC(=O)C(C1CC1)n1cc(Cl)cn1. The Morgan fingerprint density at radius 2 is 2.50 bits per heavy atom. The number of ether oxygens (including phenoxy) is 1. The van der Waals surface area contributed by atoms with Crippen molar-refractivity contribution in [3.05, 3.63) is 17.4 Å². The Labute approximate surface area is 86.8 Å². The minimum atomic E-state index is -0.299. The van der Waals surface area contributed by atoms with Gasteiger partial charge in [-0.15, -0.1) is 0 Å². The highest BCUT2D eigenvalue weighted by molar-refractivity contribution is 6.30. The van der Waals surface area contributed by atoms with Crippen molar-refractivity contribution in [3.63, 3.8) is 0 Å². The van der Waals surface area contributed by atoms with E-state index in [0.29, 0.717) is 10.9 Å². The van der Waals surface area contributed by atoms with Crippen LogP contribution in [0.4, 0.5) is 0 Å². The van der Waals surface area contributed by atoms with E-state index in [0.717, 1.165) is 12.8 Å². The quantitative estimate of drug-likeness (QED) is 0.719. The molecule has 0 bridgehead atoms. The molecule has 0 saturated heterocycles. The van der Waals surface area contributed by atoms with Crippen LogP contribution < -0.4 is 0 Å². The summed E-state index contributed by atoms with van der Waals surface area (Å²) >= 11 is 5.74. The maximum Gasteiger partial charge on any atom is 0.330 e. The van der Waals surface area contributed by atoms with Crippen molar-refractivity contribution < 1.29 is 9.53 Å². The maximum absolute atomic E-state index is 11.5. The van der Waals surface area contributed by atoms with Crippen molar-refractivity contribution in [1.29, 1.82) is 0 Å². The van der Waals surface area contributed by atoms with E-state index in [2.05, 4.69) is 5.10 Å². The number of esters is 1. The minimum Gasteiger partial charge on any atom is -0.467 e. The van der Waals surface area contributed by atoms with E-state index < -0.39 is 0 Å². The number of aromatic nitrogens is 2. The molecule has 5 heteroatoms. The Morgan fingerprint density at radius 1 is 1.79 bits per heavy atom. The van der Waals surface area contributed by atoms with Crippen LogP contribution in [-0.2, 0) is 9.53 Å². The zero-order valence-electron chi connectivity index (χ0n) is 7.81. The van der Waals surface area contributed by atoms with Gasteiger partial charge in [0.25, 0.3) is 0 Å². The molecule has 0 amide bonds. The topological polar surface area (TPSA) is 44.1 Å². The fourth-order valence-electron chi connectivity index (χ4n) is 1.52. The lowest BCUT2D eigenvalue weighted by atomic mass is 10.2. The molecule has 0 N–H and O–H groups in total. The summed E-state index contributed by atoms with van der Waals surface area (Å²) in [5.74, 6) is 0.116. The van der Waals surface area contributed by atoms with Gasteiger partial charge in [-0.2, -0.15) is 5.10 Å². The summed E-state index contributed by atoms with van der Waals surface area (Å²) in [4.78, 5) is 11.5. The van der Waals surface area contributed by atoms with E-state index in [1.807, 2.05) is 0 Å². The molecule has 1 unspecified atom stereocenters. The molecule has 0 radical (unpaired) electrons. The van der Waals surface area contributed by atoms with Gasteiger partial charge in [0.05, 0.1) is 18.3 Å². The molecule has 1 atom stereocenters. The molecule has 2 rings (SSSR count). The highest BCUT2D eigenvalue weighted by Gasteiger charge is 2.38. The van der Waals surface area contributed by atoms with Crippen LogP contribution in [0, 0.1) is 5.92 Å². The van der Waals surface area contributed by atoms with E-state index >= 15 is 0 Å². The average molecular weight is 215 g/mol. The minimum absolute atomic E-state index is 0.243. The Balaban J connectivity index is 2.22. The summed E-state index contributed by atoms with van der Waals surface area (Å²) in [6, 6.07) is -0.299. The molecular weight excluding hydrogens is 204 g/mol. The molecule has 0 aromatic carbocycles. The second-order valence-corrected chi connectivity index (χ2v) is 3.88. The number of carbonyl (C=O) groups excluding carboxylic acids is 1. The first-order valence-corrected chi connectivity index (χ1v) is 4.87. The molecule has 4 nitrogen and oxygen atoms in total. The van der Waals surface area contributed by atoms with Crippen LogP contribution in [0.15, 0.2) is 12.4 Å². The summed E-state index contributed by atoms with van der Waals surface area (Å²) in [7, 11) is 1.39. The fourth-order valence-corrected chi connectivity index (χ4v) is 1.66. The first kappa shape index (κ1) is 9.52. The summed E-state index contributed by atoms with van der Waals surface area (Å²) in [5.41, 5.74) is 0. The lowest BCUT2D eigenvalue weighted by Crippen LogP contribution is -2.23. The highest BCUT2D eigenvalue weighted by Crippen LogP contribution is 2.40. The number of halogens is 1. The van der Waals surface area contributed by atoms with Gasteiger partial charge in [0.2, 0.25) is 0 Å². The molecule has 14 heavy (non-hydrogen) atoms. The van der Waals surface area contributed by atoms with Crippen LogP contribution in [0.25, 0.3) is 0 Å². The summed E-state index contributed by atoms with van der Waals surface area (Å²) in [6.07, 6.45) is 5.29. The lowest BCUT2D eigenvalue weighted by Gasteiger charge is -2.13. The van der Waals surface area contributed by atoms with Crippen molar-refractivity contribution in [1.82, 2.24) is 9.78 Å². The second kappa shape index (κ2) is 3.61. The summed E-state index contributed by atoms with van der Waals surface area (Å²) in [6.45, 7) is 0. The Bertz CT molecular complexity index is 346. The lowest BCUT2D eigenvalue weighted by molar-refractivity contribution is -0.145. The van der Waals surface area contributed by atoms with Gasteiger partial charge in [0, 0.05) is 6.20 Å². The Kier molecular flexibility index (Phi) is 2.46. The number of nitrogens with zero attached hydrogens (tertiary/aromatic N) is 2. The van der Waals surface area contributed by atoms with Crippen LogP contribution in [0.5, 0.6) is 0 Å². The number of hydrogen-bond donors (Lipinski definition) is 0. The van der Waals surface area contributed by atoms with Crippen LogP contribution >= 0.6 is 11.6 Å². The molecule has 1 saturated carbocycles. The second-order valence-electron chi connectivity index (χ2n) is 3.44. The zero-order chi connectivity index (χ0) is 10.1. The molecule has 0 aliphatic heterocycles. The molecule has 1 aliphatic rings. The largest absolute Gasteiger partial charge is 0.467 e. The highest BCUT2D eigenvalue weighted by atomic mass is 35.5. The maximum atomic E-state index is 11.5. The van der Waals surface area contributed by atoms with Gasteiger partial charge in [-0.25, -0.2) is 4.79 Å². The van der Waals surface area contributed by atoms with Crippen molar-refractivity contribution in [2.75, 3.05) is 7.11 Å². The van der Waals surface area contributed by atoms with Gasteiger partial charge in [0.1, 0.15) is 0 Å². The first-order chi connectivity index (χ1) is 6.72. The van der Waals surface area contributed by atoms with E-state index in [9.17, 15) is 4.79 Å². The van der Waals surface area contributed by atoms with Crippen molar-refractivity contribution in [2.45, 2.75) is 18.9 Å². The average Bonchev–Trinajstić information content (AvgIpc) is 2.90. The predicted octanol–water partition coefficient (Wildman–Crippen LogP) is 1.66. The molecule has 76 valence electrons. The normalized spacial score (nSPS) is 17.9. The van der Waals surface area contributed by atoms with E-state index in [1.54, 1.807) is 10.9 Å². The van der Waals surface area contributed by atoms with Gasteiger partial charge in [-0.05, 0) is 18.8 Å². The molecule has 0 spiro atoms. The van der Waals surface area contributed by atoms with Crippen molar-refractivity contribution in [3.8, 4) is 0 Å². The monoisotopic (exact) mass is 214 g/mol. The fraction of sp³-hybridized carbons (Fsp3) is 0.556. The van der Waals surface area contributed by atoms with Crippen LogP contribution in [0.2, 0.25) is 5.02 Å². The van der Waals surface area contributed by atoms with E-state index in [1.165, 1.54) is 13.3 Å². The van der Waals surface area contributed by atoms with E-state index in [-0.39, 0.29) is 12.0 Å². The van der Waals surface area contributed by atoms with Gasteiger partial charge >= 0.3 is 5.97 Å². The molecule has 1 fully saturated rings. The zero-order valence-corrected chi connectivity index (χ0v) is 8.57. The third-order valence-corrected chi connectivity index (χ3v) is 2.56. The van der Waals surface area contributed by atoms with Gasteiger partial charge in [0.15, 0.2) is 6.04 Å². The van der Waals surface area contributed by atoms with Crippen LogP contribution in [0.3, 0.4) is 0 Å². The van der Waals surface area contributed by atoms with Gasteiger partial charge in [-0.1, -0.05) is 11.6 Å². The van der Waals surface area contributed by atoms with Gasteiger partial charge < -0.3 is 4.74 Å². The molecule has 1 aromatic heterocycles. The Morgan fingerprint density at radius 3 is 2.93 bits per heavy atom. The molecule has 1 heterocycles. The van der Waals surface area contributed by atoms with Crippen LogP contribution in [0.1, 0.15) is 18.9 Å². The first-order valence-electron chi connectivity index (χ1n) is 4.50. The molecule has 1 aromatic rings. The summed E-state index contributed by atoms with van der Waals surface area (Å²) in [5, 5.41) is 4.57. The van der Waals surface area contributed by atoms with Crippen LogP contribution in [-0.4, -0.2) is 22.9 Å². The third-order valence-electron chi connectivity index (χ3n) is 2.37. The van der Waals surface area contributed by atoms with Crippen molar-refractivity contribution >= 4 is 17.6 Å². The number of hydrogen-bond acceptors (Lipinski definition) is 3.